The van der Waals surface area contributed by atoms with Crippen molar-refractivity contribution in [2.24, 2.45) is 0 Å². The van der Waals surface area contributed by atoms with E-state index in [1.807, 2.05) is 0 Å². The van der Waals surface area contributed by atoms with Gasteiger partial charge in [-0.15, -0.1) is 0 Å². The third-order valence-electron chi connectivity index (χ3n) is 12.1. The molecule has 66 heavy (non-hydrogen) atoms. The maximum atomic E-state index is 6.59. The van der Waals surface area contributed by atoms with Gasteiger partial charge in [0.15, 0.2) is 0 Å². The molecule has 0 spiro atoms. The molecule has 7 aromatic carbocycles. The Morgan fingerprint density at radius 2 is 0.727 bits per heavy atom. The van der Waals surface area contributed by atoms with E-state index in [0.717, 1.165) is 22.7 Å². The normalized spacial score (nSPS) is 12.0. The number of hydrogen-bond acceptors (Lipinski definition) is 2. The van der Waals surface area contributed by atoms with Gasteiger partial charge in [-0.3, -0.25) is 0 Å². The first-order chi connectivity index (χ1) is 29.2. The van der Waals surface area contributed by atoms with Crippen molar-refractivity contribution in [3.05, 3.63) is 184 Å². The molecule has 0 saturated heterocycles. The summed E-state index contributed by atoms with van der Waals surface area (Å²) < 4.78 is 13.0. The smallest absolute Gasteiger partial charge is 0.142 e. The summed E-state index contributed by atoms with van der Waals surface area (Å²) in [5.74, 6) is 2.10. The van der Waals surface area contributed by atoms with E-state index in [4.69, 9.17) is 8.83 Å². The van der Waals surface area contributed by atoms with Crippen molar-refractivity contribution < 1.29 is 140 Å². The molecule has 0 bridgehead atoms. The predicted molar refractivity (Wildman–Crippen MR) is 276 cm³/mol. The van der Waals surface area contributed by atoms with Gasteiger partial charge in [-0.05, 0) is 32.7 Å². The second-order valence-corrected chi connectivity index (χ2v) is 16.4. The first-order valence-corrected chi connectivity index (χ1v) is 22.1. The van der Waals surface area contributed by atoms with Crippen molar-refractivity contribution in [3.8, 4) is 22.6 Å². The summed E-state index contributed by atoms with van der Waals surface area (Å²) in [5, 5.41) is 9.87. The molecule has 2 aromatic heterocycles. The van der Waals surface area contributed by atoms with Crippen LogP contribution in [-0.4, -0.2) is 0 Å². The maximum Gasteiger partial charge on any atom is 0.142 e. The summed E-state index contributed by atoms with van der Waals surface area (Å²) >= 11 is 0. The third kappa shape index (κ3) is 12.3. The summed E-state index contributed by atoms with van der Waals surface area (Å²) in [6.07, 6.45) is 5.28. The molecule has 9 aromatic rings. The van der Waals surface area contributed by atoms with Crippen LogP contribution in [0.15, 0.2) is 142 Å². The molecule has 11 rings (SSSR count). The van der Waals surface area contributed by atoms with Crippen molar-refractivity contribution >= 4 is 54.3 Å². The number of hydrogen-bond donors (Lipinski definition) is 0. The minimum absolute atomic E-state index is 0. The Kier molecular flexibility index (Phi) is 28.7. The van der Waals surface area contributed by atoms with E-state index < -0.39 is 0 Å². The molecule has 338 valence electrons. The van der Waals surface area contributed by atoms with Gasteiger partial charge in [-0.2, -0.15) is 13.8 Å². The molecule has 2 nitrogen and oxygen atoms in total. The zero-order valence-electron chi connectivity index (χ0n) is 42.1. The summed E-state index contributed by atoms with van der Waals surface area (Å²) in [6, 6.07) is 47.5. The van der Waals surface area contributed by atoms with Gasteiger partial charge in [0.05, 0.1) is 0 Å². The number of unbranched alkanes of at least 4 members (excludes halogenated alkanes) is 2. The first-order valence-electron chi connectivity index (χ1n) is 22.1. The average Bonchev–Trinajstić information content (AvgIpc) is 4.02. The fourth-order valence-corrected chi connectivity index (χ4v) is 8.79. The Morgan fingerprint density at radius 1 is 0.379 bits per heavy atom. The molecule has 0 unspecified atom stereocenters. The zero-order chi connectivity index (χ0) is 43.2. The Hall–Kier alpha value is -1.18. The molecule has 0 amide bonds. The van der Waals surface area contributed by atoms with Gasteiger partial charge in [0.1, 0.15) is 22.7 Å². The van der Waals surface area contributed by atoms with E-state index in [0.29, 0.717) is 0 Å². The molecular formula is C60H70O2Y4-4. The Morgan fingerprint density at radius 3 is 1.20 bits per heavy atom. The topological polar surface area (TPSA) is 26.3 Å². The Labute approximate surface area is 499 Å². The second kappa shape index (κ2) is 29.2. The van der Waals surface area contributed by atoms with E-state index in [2.05, 4.69) is 203 Å². The summed E-state index contributed by atoms with van der Waals surface area (Å²) in [4.78, 5) is 0. The van der Waals surface area contributed by atoms with Crippen molar-refractivity contribution in [2.75, 3.05) is 0 Å². The van der Waals surface area contributed by atoms with Crippen LogP contribution in [0.4, 0.5) is 0 Å². The number of fused-ring (bicyclic) bond motifs is 16. The van der Waals surface area contributed by atoms with Crippen molar-refractivity contribution in [1.82, 2.24) is 0 Å². The molecule has 0 fully saturated rings. The fourth-order valence-electron chi connectivity index (χ4n) is 8.79. The van der Waals surface area contributed by atoms with Gasteiger partial charge in [-0.25, -0.2) is 0 Å². The van der Waals surface area contributed by atoms with Gasteiger partial charge in [-0.1, -0.05) is 215 Å². The largest absolute Gasteiger partial charge is 0.455 e. The Balaban J connectivity index is 0.000000971. The summed E-state index contributed by atoms with van der Waals surface area (Å²) in [7, 11) is 0. The number of furan rings is 2. The van der Waals surface area contributed by atoms with Crippen LogP contribution < -0.4 is 0 Å². The minimum Gasteiger partial charge on any atom is -0.455 e. The van der Waals surface area contributed by atoms with Gasteiger partial charge >= 0.3 is 0 Å². The Bertz CT molecular complexity index is 2870. The van der Waals surface area contributed by atoms with Crippen LogP contribution in [0.2, 0.25) is 0 Å². The van der Waals surface area contributed by atoms with Crippen LogP contribution >= 0.6 is 0 Å². The molecule has 0 N–H and O–H groups in total. The van der Waals surface area contributed by atoms with Gasteiger partial charge < -0.3 is 37.5 Å². The van der Waals surface area contributed by atoms with E-state index >= 15 is 0 Å². The first kappa shape index (κ1) is 64.8. The molecule has 0 saturated carbocycles. The van der Waals surface area contributed by atoms with E-state index in [1.165, 1.54) is 102 Å². The number of rotatable bonds is 2. The minimum atomic E-state index is -0.0671. The average molecular weight is 1180 g/mol. The second-order valence-electron chi connectivity index (χ2n) is 16.4. The van der Waals surface area contributed by atoms with Crippen LogP contribution in [0.1, 0.15) is 117 Å². The SMILES string of the molecule is CC1(C)c2ccc3ccccc3c2-c2oc3c(ccc4ccccc43)c21.CC1(C)c2ccccc2-c2oc3c(ccc4ccccc43)c21.CCCC.CCCC.[CH2-]C.[CH2-]C.[CH3-].[CH3-].[Y].[Y].[Y].[Y]. The summed E-state index contributed by atoms with van der Waals surface area (Å²) in [5.41, 5.74) is 9.83. The van der Waals surface area contributed by atoms with Gasteiger partial charge in [0.25, 0.3) is 0 Å². The van der Waals surface area contributed by atoms with Gasteiger partial charge in [0, 0.05) is 185 Å². The summed E-state index contributed by atoms with van der Waals surface area (Å²) in [6.45, 7) is 27.9. The standard InChI is InChI=1S/C25H18O.C21H16O.2C4H10.2C2H5.2CH3.4Y/c1-25(2)20-14-12-15-7-3-5-9-17(15)21(20)24-22(25)19-13-11-16-8-4-6-10-18(16)23(19)26-24;1-21(2)17-10-6-5-9-15(17)20-18(21)16-12-11-13-7-3-4-8-14(13)19(16)22-20;2*1-3-4-2;2*1-2;;;;;;/h3-14H,1-2H3;3-12H,1-2H3;2*3-4H2,1-2H3;2*1H2,2H3;2*1H3;;;;/q;;;;4*-1;;;;. The number of benzene rings is 7. The van der Waals surface area contributed by atoms with Crippen LogP contribution in [0.25, 0.3) is 76.9 Å². The van der Waals surface area contributed by atoms with Crippen LogP contribution in [-0.2, 0) is 142 Å². The molecule has 0 aliphatic heterocycles. The van der Waals surface area contributed by atoms with Crippen LogP contribution in [0.3, 0.4) is 0 Å². The molecule has 6 heteroatoms. The molecule has 2 heterocycles. The van der Waals surface area contributed by atoms with Crippen molar-refractivity contribution in [3.63, 3.8) is 0 Å². The molecule has 0 atom stereocenters. The van der Waals surface area contributed by atoms with Crippen molar-refractivity contribution in [2.45, 2.75) is 106 Å². The van der Waals surface area contributed by atoms with E-state index in [-0.39, 0.29) is 157 Å². The molecule has 4 radical (unpaired) electrons. The van der Waals surface area contributed by atoms with E-state index in [9.17, 15) is 0 Å². The molecular weight excluding hydrogens is 1110 g/mol. The maximum absolute atomic E-state index is 6.59. The monoisotopic (exact) mass is 1180 g/mol. The van der Waals surface area contributed by atoms with Crippen LogP contribution in [0.5, 0.6) is 0 Å². The van der Waals surface area contributed by atoms with Gasteiger partial charge in [0.2, 0.25) is 0 Å². The predicted octanol–water partition coefficient (Wildman–Crippen LogP) is 19.1. The zero-order valence-corrected chi connectivity index (χ0v) is 53.4. The quantitative estimate of drug-likeness (QED) is 0.161. The van der Waals surface area contributed by atoms with Crippen molar-refractivity contribution in [1.29, 1.82) is 0 Å². The van der Waals surface area contributed by atoms with E-state index in [1.54, 1.807) is 13.8 Å². The molecule has 2 aliphatic carbocycles. The third-order valence-corrected chi connectivity index (χ3v) is 12.1. The fraction of sp³-hybridized carbons (Fsp3) is 0.267. The molecule has 2 aliphatic rings. The van der Waals surface area contributed by atoms with Crippen LogP contribution in [0, 0.1) is 28.7 Å².